The van der Waals surface area contributed by atoms with Crippen LogP contribution in [0, 0.1) is 0 Å². The van der Waals surface area contributed by atoms with Crippen LogP contribution < -0.4 is 4.74 Å². The smallest absolute Gasteiger partial charge is 0.123 e. The number of rotatable bonds is 2. The number of nitrogens with one attached hydrogen (secondary N) is 1. The zero-order chi connectivity index (χ0) is 13.5. The minimum absolute atomic E-state index is 0.830. The Morgan fingerprint density at radius 3 is 2.85 bits per heavy atom. The molecule has 0 amide bonds. The van der Waals surface area contributed by atoms with Crippen LogP contribution in [-0.2, 0) is 6.42 Å². The molecular weight excluding hydrogens is 250 g/mol. The number of benzene rings is 1. The summed E-state index contributed by atoms with van der Waals surface area (Å²) in [6.45, 7) is 0. The normalized spacial score (nSPS) is 12.1. The molecule has 1 aromatic carbocycles. The molecule has 1 N–H and O–H groups in total. The molecule has 2 heterocycles. The van der Waals surface area contributed by atoms with Gasteiger partial charge in [-0.15, -0.1) is 0 Å². The SMILES string of the molecule is COc1cccc2c1Cc1c-2n[nH]c1-c1ccccn1. The Balaban J connectivity index is 1.88. The lowest BCUT2D eigenvalue weighted by Gasteiger charge is -2.06. The zero-order valence-corrected chi connectivity index (χ0v) is 11.1. The van der Waals surface area contributed by atoms with E-state index >= 15 is 0 Å². The van der Waals surface area contributed by atoms with Crippen molar-refractivity contribution in [3.8, 4) is 28.4 Å². The Bertz CT molecular complexity index is 778. The molecule has 0 saturated carbocycles. The maximum atomic E-state index is 5.45. The fourth-order valence-corrected chi connectivity index (χ4v) is 2.82. The highest BCUT2D eigenvalue weighted by Crippen LogP contribution is 2.43. The van der Waals surface area contributed by atoms with E-state index < -0.39 is 0 Å². The van der Waals surface area contributed by atoms with Crippen LogP contribution in [0.15, 0.2) is 42.6 Å². The van der Waals surface area contributed by atoms with Gasteiger partial charge in [-0.25, -0.2) is 0 Å². The van der Waals surface area contributed by atoms with Crippen LogP contribution in [0.1, 0.15) is 11.1 Å². The highest BCUT2D eigenvalue weighted by Gasteiger charge is 2.27. The number of H-pyrrole nitrogens is 1. The fourth-order valence-electron chi connectivity index (χ4n) is 2.82. The summed E-state index contributed by atoms with van der Waals surface area (Å²) in [4.78, 5) is 4.40. The van der Waals surface area contributed by atoms with E-state index in [4.69, 9.17) is 4.74 Å². The monoisotopic (exact) mass is 263 g/mol. The molecule has 0 atom stereocenters. The second kappa shape index (κ2) is 4.20. The molecule has 4 heteroatoms. The average molecular weight is 263 g/mol. The summed E-state index contributed by atoms with van der Waals surface area (Å²) >= 11 is 0. The van der Waals surface area contributed by atoms with Gasteiger partial charge in [-0.3, -0.25) is 10.1 Å². The molecule has 0 fully saturated rings. The van der Waals surface area contributed by atoms with Gasteiger partial charge in [-0.2, -0.15) is 5.10 Å². The van der Waals surface area contributed by atoms with E-state index in [-0.39, 0.29) is 0 Å². The zero-order valence-electron chi connectivity index (χ0n) is 11.1. The standard InChI is InChI=1S/C16H13N3O/c1-20-14-7-4-5-10-11(14)9-12-15(10)18-19-16(12)13-6-2-3-8-17-13/h2-8H,9H2,1H3,(H,18,19). The molecular formula is C16H13N3O. The van der Waals surface area contributed by atoms with Crippen molar-refractivity contribution in [3.05, 3.63) is 53.7 Å². The van der Waals surface area contributed by atoms with Crippen molar-refractivity contribution in [2.45, 2.75) is 6.42 Å². The summed E-state index contributed by atoms with van der Waals surface area (Å²) < 4.78 is 5.45. The quantitative estimate of drug-likeness (QED) is 0.604. The molecule has 20 heavy (non-hydrogen) atoms. The van der Waals surface area contributed by atoms with Gasteiger partial charge in [0.2, 0.25) is 0 Å². The maximum Gasteiger partial charge on any atom is 0.123 e. The lowest BCUT2D eigenvalue weighted by atomic mass is 10.1. The van der Waals surface area contributed by atoms with Crippen LogP contribution in [0.5, 0.6) is 5.75 Å². The molecule has 0 aliphatic heterocycles. The Kier molecular flexibility index (Phi) is 2.36. The van der Waals surface area contributed by atoms with E-state index in [1.165, 1.54) is 11.1 Å². The van der Waals surface area contributed by atoms with E-state index in [0.717, 1.165) is 34.8 Å². The number of fused-ring (bicyclic) bond motifs is 3. The van der Waals surface area contributed by atoms with E-state index in [0.29, 0.717) is 0 Å². The van der Waals surface area contributed by atoms with Gasteiger partial charge < -0.3 is 4.74 Å². The van der Waals surface area contributed by atoms with Gasteiger partial charge >= 0.3 is 0 Å². The predicted molar refractivity (Wildman–Crippen MR) is 76.6 cm³/mol. The Labute approximate surface area is 116 Å². The topological polar surface area (TPSA) is 50.8 Å². The second-order valence-corrected chi connectivity index (χ2v) is 4.80. The van der Waals surface area contributed by atoms with Gasteiger partial charge in [-0.05, 0) is 18.2 Å². The van der Waals surface area contributed by atoms with Crippen LogP contribution in [0.3, 0.4) is 0 Å². The molecule has 1 aliphatic rings. The maximum absolute atomic E-state index is 5.45. The van der Waals surface area contributed by atoms with E-state index in [1.54, 1.807) is 13.3 Å². The number of aromatic amines is 1. The van der Waals surface area contributed by atoms with Gasteiger partial charge in [0.1, 0.15) is 5.75 Å². The fraction of sp³-hybridized carbons (Fsp3) is 0.125. The minimum atomic E-state index is 0.830. The first-order valence-corrected chi connectivity index (χ1v) is 6.53. The highest BCUT2D eigenvalue weighted by atomic mass is 16.5. The molecule has 0 saturated heterocycles. The van der Waals surface area contributed by atoms with Gasteiger partial charge in [-0.1, -0.05) is 18.2 Å². The molecule has 3 aromatic rings. The van der Waals surface area contributed by atoms with Crippen LogP contribution >= 0.6 is 0 Å². The van der Waals surface area contributed by atoms with Gasteiger partial charge in [0.15, 0.2) is 0 Å². The van der Waals surface area contributed by atoms with Crippen LogP contribution in [0.4, 0.5) is 0 Å². The number of aromatic nitrogens is 3. The highest BCUT2D eigenvalue weighted by molar-refractivity contribution is 5.81. The third kappa shape index (κ3) is 1.48. The minimum Gasteiger partial charge on any atom is -0.496 e. The molecule has 0 radical (unpaired) electrons. The van der Waals surface area contributed by atoms with Crippen molar-refractivity contribution < 1.29 is 4.74 Å². The van der Waals surface area contributed by atoms with Crippen molar-refractivity contribution in [1.82, 2.24) is 15.2 Å². The van der Waals surface area contributed by atoms with Crippen molar-refractivity contribution in [3.63, 3.8) is 0 Å². The van der Waals surface area contributed by atoms with E-state index in [2.05, 4.69) is 21.2 Å². The van der Waals surface area contributed by atoms with E-state index in [9.17, 15) is 0 Å². The van der Waals surface area contributed by atoms with Crippen molar-refractivity contribution in [2.24, 2.45) is 0 Å². The average Bonchev–Trinajstić information content (AvgIpc) is 3.06. The molecule has 98 valence electrons. The predicted octanol–water partition coefficient (Wildman–Crippen LogP) is 3.05. The largest absolute Gasteiger partial charge is 0.496 e. The lowest BCUT2D eigenvalue weighted by molar-refractivity contribution is 0.411. The molecule has 4 rings (SSSR count). The third-order valence-corrected chi connectivity index (χ3v) is 3.75. The molecule has 4 nitrogen and oxygen atoms in total. The number of methoxy groups -OCH3 is 1. The van der Waals surface area contributed by atoms with E-state index in [1.807, 2.05) is 30.3 Å². The Morgan fingerprint density at radius 2 is 2.05 bits per heavy atom. The summed E-state index contributed by atoms with van der Waals surface area (Å²) in [5, 5.41) is 7.59. The van der Waals surface area contributed by atoms with Crippen molar-refractivity contribution >= 4 is 0 Å². The van der Waals surface area contributed by atoms with Gasteiger partial charge in [0, 0.05) is 29.3 Å². The second-order valence-electron chi connectivity index (χ2n) is 4.80. The van der Waals surface area contributed by atoms with Gasteiger partial charge in [0.05, 0.1) is 24.2 Å². The number of ether oxygens (including phenoxy) is 1. The lowest BCUT2D eigenvalue weighted by Crippen LogP contribution is -1.92. The molecule has 0 bridgehead atoms. The summed E-state index contributed by atoms with van der Waals surface area (Å²) in [7, 11) is 1.71. The van der Waals surface area contributed by atoms with Crippen LogP contribution in [0.2, 0.25) is 0 Å². The molecule has 1 aliphatic carbocycles. The summed E-state index contributed by atoms with van der Waals surface area (Å²) in [5.74, 6) is 0.924. The third-order valence-electron chi connectivity index (χ3n) is 3.75. The first-order valence-electron chi connectivity index (χ1n) is 6.53. The molecule has 0 spiro atoms. The number of nitrogens with zero attached hydrogens (tertiary/aromatic N) is 2. The first kappa shape index (κ1) is 11.2. The number of hydrogen-bond donors (Lipinski definition) is 1. The van der Waals surface area contributed by atoms with Gasteiger partial charge in [0.25, 0.3) is 0 Å². The Hall–Kier alpha value is -2.62. The number of pyridine rings is 1. The summed E-state index contributed by atoms with van der Waals surface area (Å²) in [6.07, 6.45) is 2.63. The first-order chi connectivity index (χ1) is 9.88. The van der Waals surface area contributed by atoms with Crippen LogP contribution in [0.25, 0.3) is 22.6 Å². The van der Waals surface area contributed by atoms with Crippen LogP contribution in [-0.4, -0.2) is 22.3 Å². The summed E-state index contributed by atoms with van der Waals surface area (Å²) in [6, 6.07) is 12.0. The van der Waals surface area contributed by atoms with Crippen molar-refractivity contribution in [1.29, 1.82) is 0 Å². The molecule has 2 aromatic heterocycles. The Morgan fingerprint density at radius 1 is 1.10 bits per heavy atom. The van der Waals surface area contributed by atoms with Crippen molar-refractivity contribution in [2.75, 3.05) is 7.11 Å². The molecule has 0 unspecified atom stereocenters. The number of hydrogen-bond acceptors (Lipinski definition) is 3. The summed E-state index contributed by atoms with van der Waals surface area (Å²) in [5.41, 5.74) is 6.49.